The fourth-order valence-corrected chi connectivity index (χ4v) is 2.88. The topological polar surface area (TPSA) is 70.4 Å². The number of oxazole rings is 1. The van der Waals surface area contributed by atoms with Gasteiger partial charge in [-0.2, -0.15) is 13.2 Å². The summed E-state index contributed by atoms with van der Waals surface area (Å²) in [5.41, 5.74) is 1.02. The number of hydrogen-bond acceptors (Lipinski definition) is 5. The average molecular weight is 441 g/mol. The van der Waals surface area contributed by atoms with E-state index in [-0.39, 0.29) is 30.4 Å². The highest BCUT2D eigenvalue weighted by atomic mass is 35.5. The van der Waals surface area contributed by atoms with Gasteiger partial charge in [0.1, 0.15) is 6.04 Å². The smallest absolute Gasteiger partial charge is 0.405 e. The molecule has 0 bridgehead atoms. The van der Waals surface area contributed by atoms with Crippen LogP contribution >= 0.6 is 24.8 Å². The Morgan fingerprint density at radius 3 is 2.39 bits per heavy atom. The van der Waals surface area contributed by atoms with Crippen molar-refractivity contribution in [3.8, 4) is 11.3 Å². The van der Waals surface area contributed by atoms with Gasteiger partial charge in [0.15, 0.2) is 12.2 Å². The zero-order chi connectivity index (χ0) is 18.6. The number of halogens is 5. The Kier molecular flexibility index (Phi) is 9.22. The molecule has 28 heavy (non-hydrogen) atoms. The molecule has 156 valence electrons. The molecule has 3 rings (SSSR count). The van der Waals surface area contributed by atoms with E-state index in [1.807, 2.05) is 0 Å². The van der Waals surface area contributed by atoms with E-state index in [2.05, 4.69) is 15.6 Å². The first-order chi connectivity index (χ1) is 12.4. The summed E-state index contributed by atoms with van der Waals surface area (Å²) in [5, 5.41) is 5.42. The van der Waals surface area contributed by atoms with E-state index in [0.29, 0.717) is 31.9 Å². The van der Waals surface area contributed by atoms with Gasteiger partial charge in [0.2, 0.25) is 0 Å². The Morgan fingerprint density at radius 2 is 1.86 bits per heavy atom. The van der Waals surface area contributed by atoms with Gasteiger partial charge in [-0.15, -0.1) is 24.8 Å². The van der Waals surface area contributed by atoms with Crippen molar-refractivity contribution < 1.29 is 22.4 Å². The lowest BCUT2D eigenvalue weighted by molar-refractivity contribution is -0.183. The number of rotatable bonds is 5. The fourth-order valence-electron chi connectivity index (χ4n) is 2.88. The highest BCUT2D eigenvalue weighted by Crippen LogP contribution is 2.25. The highest BCUT2D eigenvalue weighted by Gasteiger charge is 2.43. The number of nitrogens with zero attached hydrogens (tertiary/aromatic N) is 2. The van der Waals surface area contributed by atoms with Crippen LogP contribution in [0.5, 0.6) is 0 Å². The van der Waals surface area contributed by atoms with E-state index in [0.717, 1.165) is 5.56 Å². The number of alkyl halides is 3. The van der Waals surface area contributed by atoms with Crippen LogP contribution in [0.4, 0.5) is 13.2 Å². The minimum Gasteiger partial charge on any atom is -0.444 e. The van der Waals surface area contributed by atoms with Crippen molar-refractivity contribution in [1.29, 1.82) is 0 Å². The van der Waals surface area contributed by atoms with Crippen LogP contribution in [0.15, 0.2) is 41.3 Å². The van der Waals surface area contributed by atoms with E-state index < -0.39 is 24.7 Å². The van der Waals surface area contributed by atoms with E-state index in [1.165, 1.54) is 17.5 Å². The monoisotopic (exact) mass is 440 g/mol. The SMILES string of the molecule is Cl.Cl.O=C(NCC(N1CCNCC1)C(F)(F)F)c1ccc(-c2cnco2)cc1. The van der Waals surface area contributed by atoms with Gasteiger partial charge >= 0.3 is 6.18 Å². The molecule has 2 N–H and O–H groups in total. The van der Waals surface area contributed by atoms with E-state index in [9.17, 15) is 18.0 Å². The average Bonchev–Trinajstić information content (AvgIpc) is 3.16. The van der Waals surface area contributed by atoms with Crippen molar-refractivity contribution in [2.45, 2.75) is 12.2 Å². The maximum atomic E-state index is 13.3. The van der Waals surface area contributed by atoms with Crippen LogP contribution < -0.4 is 10.6 Å². The highest BCUT2D eigenvalue weighted by molar-refractivity contribution is 5.94. The molecule has 11 heteroatoms. The van der Waals surface area contributed by atoms with Crippen LogP contribution in [0.3, 0.4) is 0 Å². The number of carbonyl (C=O) groups is 1. The van der Waals surface area contributed by atoms with Crippen LogP contribution in [0.2, 0.25) is 0 Å². The number of nitrogens with one attached hydrogen (secondary N) is 2. The van der Waals surface area contributed by atoms with Gasteiger partial charge in [0.25, 0.3) is 5.91 Å². The van der Waals surface area contributed by atoms with Gasteiger partial charge < -0.3 is 15.1 Å². The van der Waals surface area contributed by atoms with Gasteiger partial charge in [0, 0.05) is 43.9 Å². The number of amides is 1. The van der Waals surface area contributed by atoms with E-state index >= 15 is 0 Å². The fraction of sp³-hybridized carbons (Fsp3) is 0.412. The van der Waals surface area contributed by atoms with Crippen LogP contribution in [0, 0.1) is 0 Å². The summed E-state index contributed by atoms with van der Waals surface area (Å²) in [5.74, 6) is 0.00584. The van der Waals surface area contributed by atoms with Gasteiger partial charge in [-0.3, -0.25) is 9.69 Å². The molecule has 1 amide bonds. The molecule has 1 aliphatic rings. The summed E-state index contributed by atoms with van der Waals surface area (Å²) in [6.45, 7) is 1.12. The Morgan fingerprint density at radius 1 is 1.21 bits per heavy atom. The molecule has 1 aromatic heterocycles. The molecular formula is C17H21Cl2F3N4O2. The Balaban J connectivity index is 0.00000196. The molecule has 1 aromatic carbocycles. The van der Waals surface area contributed by atoms with Gasteiger partial charge in [0.05, 0.1) is 6.20 Å². The zero-order valence-corrected chi connectivity index (χ0v) is 16.4. The van der Waals surface area contributed by atoms with Crippen molar-refractivity contribution in [1.82, 2.24) is 20.5 Å². The van der Waals surface area contributed by atoms with Crippen LogP contribution in [-0.4, -0.2) is 60.7 Å². The molecule has 0 radical (unpaired) electrons. The minimum atomic E-state index is -4.40. The van der Waals surface area contributed by atoms with Crippen LogP contribution in [-0.2, 0) is 0 Å². The van der Waals surface area contributed by atoms with Crippen molar-refractivity contribution in [2.24, 2.45) is 0 Å². The minimum absolute atomic E-state index is 0. The standard InChI is InChI=1S/C17H19F3N4O2.2ClH/c18-17(19,20)15(24-7-5-21-6-8-24)10-23-16(25)13-3-1-12(2-4-13)14-9-22-11-26-14;;/h1-4,9,11,15,21H,5-8,10H2,(H,23,25);2*1H. The second-order valence-electron chi connectivity index (χ2n) is 6.00. The lowest BCUT2D eigenvalue weighted by atomic mass is 10.1. The summed E-state index contributed by atoms with van der Waals surface area (Å²) in [6.07, 6.45) is -1.57. The third-order valence-corrected chi connectivity index (χ3v) is 4.29. The molecule has 1 unspecified atom stereocenters. The number of carbonyl (C=O) groups excluding carboxylic acids is 1. The molecule has 1 saturated heterocycles. The van der Waals surface area contributed by atoms with Crippen LogP contribution in [0.25, 0.3) is 11.3 Å². The largest absolute Gasteiger partial charge is 0.444 e. The molecular weight excluding hydrogens is 420 g/mol. The van der Waals surface area contributed by atoms with Crippen molar-refractivity contribution in [3.63, 3.8) is 0 Å². The Hall–Kier alpha value is -1.81. The van der Waals surface area contributed by atoms with Gasteiger partial charge in [-0.25, -0.2) is 4.98 Å². The quantitative estimate of drug-likeness (QED) is 0.747. The lowest BCUT2D eigenvalue weighted by Gasteiger charge is -2.35. The van der Waals surface area contributed by atoms with Crippen molar-refractivity contribution in [2.75, 3.05) is 32.7 Å². The first-order valence-electron chi connectivity index (χ1n) is 8.24. The number of piperazine rings is 1. The summed E-state index contributed by atoms with van der Waals surface area (Å²) in [6, 6.07) is 4.71. The number of benzene rings is 1. The van der Waals surface area contributed by atoms with Crippen molar-refractivity contribution in [3.05, 3.63) is 42.4 Å². The number of aromatic nitrogens is 1. The second kappa shape index (κ2) is 10.7. The Bertz CT molecular complexity index is 721. The third kappa shape index (κ3) is 6.10. The molecule has 1 atom stereocenters. The number of hydrogen-bond donors (Lipinski definition) is 2. The summed E-state index contributed by atoms with van der Waals surface area (Å²) in [7, 11) is 0. The third-order valence-electron chi connectivity index (χ3n) is 4.29. The predicted molar refractivity (Wildman–Crippen MR) is 103 cm³/mol. The molecule has 2 heterocycles. The molecule has 1 fully saturated rings. The molecule has 0 aliphatic carbocycles. The molecule has 6 nitrogen and oxygen atoms in total. The Labute approximate surface area is 172 Å². The first kappa shape index (κ1) is 24.2. The van der Waals surface area contributed by atoms with Gasteiger partial charge in [-0.05, 0) is 12.1 Å². The van der Waals surface area contributed by atoms with Crippen molar-refractivity contribution >= 4 is 30.7 Å². The maximum absolute atomic E-state index is 13.3. The van der Waals surface area contributed by atoms with Gasteiger partial charge in [-0.1, -0.05) is 12.1 Å². The summed E-state index contributed by atoms with van der Waals surface area (Å²) < 4.78 is 45.2. The predicted octanol–water partition coefficient (Wildman–Crippen LogP) is 2.75. The molecule has 1 aliphatic heterocycles. The van der Waals surface area contributed by atoms with Crippen LogP contribution in [0.1, 0.15) is 10.4 Å². The normalized spacial score (nSPS) is 15.8. The second-order valence-corrected chi connectivity index (χ2v) is 6.00. The first-order valence-corrected chi connectivity index (χ1v) is 8.24. The zero-order valence-electron chi connectivity index (χ0n) is 14.7. The molecule has 0 spiro atoms. The summed E-state index contributed by atoms with van der Waals surface area (Å²) in [4.78, 5) is 17.4. The van der Waals surface area contributed by atoms with E-state index in [1.54, 1.807) is 24.3 Å². The molecule has 0 saturated carbocycles. The summed E-state index contributed by atoms with van der Waals surface area (Å²) >= 11 is 0. The maximum Gasteiger partial charge on any atom is 0.405 e. The lowest BCUT2D eigenvalue weighted by Crippen LogP contribution is -2.57. The molecule has 2 aromatic rings. The van der Waals surface area contributed by atoms with E-state index in [4.69, 9.17) is 4.42 Å².